The summed E-state index contributed by atoms with van der Waals surface area (Å²) in [5.74, 6) is 0. The van der Waals surface area contributed by atoms with Crippen molar-refractivity contribution in [1.29, 1.82) is 0 Å². The Morgan fingerprint density at radius 2 is 1.83 bits per heavy atom. The molecule has 1 aliphatic heterocycles. The molecule has 1 heterocycles. The molecule has 0 aromatic heterocycles. The number of piperazine rings is 1. The van der Waals surface area contributed by atoms with E-state index in [0.717, 1.165) is 0 Å². The van der Waals surface area contributed by atoms with E-state index in [4.69, 9.17) is 23.2 Å². The third-order valence-corrected chi connectivity index (χ3v) is 3.64. The molecule has 0 unspecified atom stereocenters. The predicted molar refractivity (Wildman–Crippen MR) is 69.6 cm³/mol. The Bertz CT molecular complexity index is 409. The molecule has 0 saturated carbocycles. The largest absolute Gasteiger partial charge is 0.314 e. The number of hydrogen-bond donors (Lipinski definition) is 1. The highest BCUT2D eigenvalue weighted by molar-refractivity contribution is 6.33. The number of halogens is 4. The standard InChI is InChI=1S/C12H14Cl2F2N2/c13-8-1-2-10(14)9(7-8)11(12(15)16)18-5-3-17-4-6-18/h1-2,7,11-12,17H,3-6H2/t11-/m1/s1. The fourth-order valence-corrected chi connectivity index (χ4v) is 2.60. The van der Waals surface area contributed by atoms with Crippen molar-refractivity contribution in [2.45, 2.75) is 12.5 Å². The van der Waals surface area contributed by atoms with Gasteiger partial charge in [-0.25, -0.2) is 8.78 Å². The van der Waals surface area contributed by atoms with Crippen LogP contribution in [0.4, 0.5) is 8.78 Å². The lowest BCUT2D eigenvalue weighted by Crippen LogP contribution is -2.47. The van der Waals surface area contributed by atoms with E-state index in [1.807, 2.05) is 0 Å². The van der Waals surface area contributed by atoms with Crippen LogP contribution in [0.25, 0.3) is 0 Å². The molecule has 2 nitrogen and oxygen atoms in total. The molecule has 1 N–H and O–H groups in total. The quantitative estimate of drug-likeness (QED) is 0.921. The molecule has 18 heavy (non-hydrogen) atoms. The van der Waals surface area contributed by atoms with E-state index in [-0.39, 0.29) is 0 Å². The van der Waals surface area contributed by atoms with Gasteiger partial charge in [0.2, 0.25) is 0 Å². The second kappa shape index (κ2) is 6.15. The minimum Gasteiger partial charge on any atom is -0.314 e. The molecule has 1 aromatic carbocycles. The van der Waals surface area contributed by atoms with Crippen molar-refractivity contribution in [1.82, 2.24) is 10.2 Å². The lowest BCUT2D eigenvalue weighted by atomic mass is 10.0. The molecule has 0 aliphatic carbocycles. The van der Waals surface area contributed by atoms with Crippen LogP contribution in [-0.4, -0.2) is 37.5 Å². The molecule has 0 bridgehead atoms. The van der Waals surface area contributed by atoms with Crippen LogP contribution in [0.5, 0.6) is 0 Å². The summed E-state index contributed by atoms with van der Waals surface area (Å²) in [6, 6.07) is 3.71. The summed E-state index contributed by atoms with van der Waals surface area (Å²) < 4.78 is 26.6. The molecule has 1 atom stereocenters. The highest BCUT2D eigenvalue weighted by Crippen LogP contribution is 2.34. The first kappa shape index (κ1) is 14.0. The van der Waals surface area contributed by atoms with Crippen molar-refractivity contribution in [3.8, 4) is 0 Å². The molecular weight excluding hydrogens is 281 g/mol. The monoisotopic (exact) mass is 294 g/mol. The van der Waals surface area contributed by atoms with E-state index < -0.39 is 12.5 Å². The Balaban J connectivity index is 2.31. The van der Waals surface area contributed by atoms with Gasteiger partial charge in [-0.3, -0.25) is 4.90 Å². The van der Waals surface area contributed by atoms with Crippen LogP contribution in [0, 0.1) is 0 Å². The third-order valence-electron chi connectivity index (χ3n) is 3.06. The van der Waals surface area contributed by atoms with Gasteiger partial charge in [-0.1, -0.05) is 23.2 Å². The minimum absolute atomic E-state index is 0.336. The Morgan fingerprint density at radius 3 is 2.44 bits per heavy atom. The summed E-state index contributed by atoms with van der Waals surface area (Å²) in [5.41, 5.74) is 0.404. The Hall–Kier alpha value is -0.420. The maximum absolute atomic E-state index is 13.3. The van der Waals surface area contributed by atoms with Gasteiger partial charge in [-0.05, 0) is 23.8 Å². The first-order valence-corrected chi connectivity index (χ1v) is 6.53. The van der Waals surface area contributed by atoms with Gasteiger partial charge in [0.25, 0.3) is 6.43 Å². The van der Waals surface area contributed by atoms with E-state index in [2.05, 4.69) is 5.32 Å². The zero-order valence-electron chi connectivity index (χ0n) is 9.67. The number of benzene rings is 1. The number of nitrogens with one attached hydrogen (secondary N) is 1. The smallest absolute Gasteiger partial charge is 0.258 e. The summed E-state index contributed by atoms with van der Waals surface area (Å²) in [5, 5.41) is 3.90. The maximum atomic E-state index is 13.3. The fourth-order valence-electron chi connectivity index (χ4n) is 2.19. The van der Waals surface area contributed by atoms with Gasteiger partial charge in [0.1, 0.15) is 0 Å². The molecule has 100 valence electrons. The molecule has 0 spiro atoms. The third kappa shape index (κ3) is 3.12. The first-order chi connectivity index (χ1) is 8.59. The molecule has 1 saturated heterocycles. The van der Waals surface area contributed by atoms with Crippen LogP contribution in [0.15, 0.2) is 18.2 Å². The van der Waals surface area contributed by atoms with Crippen molar-refractivity contribution in [2.24, 2.45) is 0 Å². The minimum atomic E-state index is -2.49. The summed E-state index contributed by atoms with van der Waals surface area (Å²) >= 11 is 11.9. The molecule has 1 aliphatic rings. The zero-order valence-corrected chi connectivity index (χ0v) is 11.2. The van der Waals surface area contributed by atoms with Crippen molar-refractivity contribution in [3.05, 3.63) is 33.8 Å². The number of rotatable bonds is 3. The van der Waals surface area contributed by atoms with Crippen molar-refractivity contribution < 1.29 is 8.78 Å². The molecule has 0 amide bonds. The number of nitrogens with zero attached hydrogens (tertiary/aromatic N) is 1. The van der Waals surface area contributed by atoms with Crippen LogP contribution in [0.3, 0.4) is 0 Å². The van der Waals surface area contributed by atoms with Gasteiger partial charge >= 0.3 is 0 Å². The van der Waals surface area contributed by atoms with Gasteiger partial charge in [0.05, 0.1) is 6.04 Å². The van der Waals surface area contributed by atoms with E-state index in [0.29, 0.717) is 41.8 Å². The highest BCUT2D eigenvalue weighted by atomic mass is 35.5. The number of hydrogen-bond acceptors (Lipinski definition) is 2. The average Bonchev–Trinajstić information content (AvgIpc) is 2.35. The molecule has 2 rings (SSSR count). The van der Waals surface area contributed by atoms with Crippen molar-refractivity contribution in [2.75, 3.05) is 26.2 Å². The summed E-state index contributed by atoms with van der Waals surface area (Å²) in [4.78, 5) is 1.75. The zero-order chi connectivity index (χ0) is 13.1. The van der Waals surface area contributed by atoms with Gasteiger partial charge in [-0.2, -0.15) is 0 Å². The van der Waals surface area contributed by atoms with E-state index in [1.165, 1.54) is 6.07 Å². The van der Waals surface area contributed by atoms with E-state index in [1.54, 1.807) is 17.0 Å². The van der Waals surface area contributed by atoms with Crippen LogP contribution >= 0.6 is 23.2 Å². The van der Waals surface area contributed by atoms with Gasteiger partial charge < -0.3 is 5.32 Å². The van der Waals surface area contributed by atoms with Crippen molar-refractivity contribution >= 4 is 23.2 Å². The fraction of sp³-hybridized carbons (Fsp3) is 0.500. The van der Waals surface area contributed by atoms with Crippen LogP contribution in [0.2, 0.25) is 10.0 Å². The van der Waals surface area contributed by atoms with Gasteiger partial charge in [0, 0.05) is 36.2 Å². The first-order valence-electron chi connectivity index (χ1n) is 5.77. The van der Waals surface area contributed by atoms with Crippen LogP contribution in [0.1, 0.15) is 11.6 Å². The lowest BCUT2D eigenvalue weighted by molar-refractivity contribution is 0.0182. The van der Waals surface area contributed by atoms with Crippen LogP contribution < -0.4 is 5.32 Å². The second-order valence-corrected chi connectivity index (χ2v) is 5.07. The summed E-state index contributed by atoms with van der Waals surface area (Å²) in [7, 11) is 0. The second-order valence-electron chi connectivity index (χ2n) is 4.23. The molecular formula is C12H14Cl2F2N2. The Morgan fingerprint density at radius 1 is 1.17 bits per heavy atom. The normalized spacial score (nSPS) is 19.2. The average molecular weight is 295 g/mol. The molecule has 1 aromatic rings. The van der Waals surface area contributed by atoms with E-state index >= 15 is 0 Å². The van der Waals surface area contributed by atoms with Crippen LogP contribution in [-0.2, 0) is 0 Å². The topological polar surface area (TPSA) is 15.3 Å². The summed E-state index contributed by atoms with van der Waals surface area (Å²) in [6.07, 6.45) is -2.49. The SMILES string of the molecule is FC(F)[C@@H](c1cc(Cl)ccc1Cl)N1CCNCC1. The molecule has 6 heteroatoms. The maximum Gasteiger partial charge on any atom is 0.258 e. The van der Waals surface area contributed by atoms with Crippen molar-refractivity contribution in [3.63, 3.8) is 0 Å². The summed E-state index contributed by atoms with van der Waals surface area (Å²) in [6.45, 7) is 2.58. The Kier molecular flexibility index (Phi) is 4.78. The lowest BCUT2D eigenvalue weighted by Gasteiger charge is -2.35. The van der Waals surface area contributed by atoms with Gasteiger partial charge in [0.15, 0.2) is 0 Å². The van der Waals surface area contributed by atoms with Gasteiger partial charge in [-0.15, -0.1) is 0 Å². The predicted octanol–water partition coefficient (Wildman–Crippen LogP) is 3.20. The molecule has 1 fully saturated rings. The van der Waals surface area contributed by atoms with E-state index in [9.17, 15) is 8.78 Å². The Labute approximate surface area is 115 Å². The number of alkyl halides is 2. The molecule has 0 radical (unpaired) electrons. The highest BCUT2D eigenvalue weighted by Gasteiger charge is 2.31.